The molecule has 12 nitrogen and oxygen atoms in total. The van der Waals surface area contributed by atoms with E-state index in [0.717, 1.165) is 18.8 Å². The van der Waals surface area contributed by atoms with Gasteiger partial charge in [0.05, 0.1) is 25.4 Å². The van der Waals surface area contributed by atoms with Gasteiger partial charge in [-0.3, -0.25) is 12.5 Å². The largest absolute Gasteiger partial charge is 0.341 e. The number of ether oxygens (including phenoxy) is 3. The normalized spacial score (nSPS) is 32.3. The monoisotopic (exact) mass is 454 g/mol. The van der Waals surface area contributed by atoms with Crippen LogP contribution >= 0.6 is 0 Å². The highest BCUT2D eigenvalue weighted by atomic mass is 32.2. The second kappa shape index (κ2) is 7.46. The van der Waals surface area contributed by atoms with Crippen molar-refractivity contribution in [3.8, 4) is 0 Å². The van der Waals surface area contributed by atoms with Crippen LogP contribution in [0.2, 0.25) is 0 Å². The molecule has 0 spiro atoms. The molecule has 0 unspecified atom stereocenters. The minimum atomic E-state index is -4.08. The Bertz CT molecular complexity index is 859. The van der Waals surface area contributed by atoms with Gasteiger partial charge in [-0.05, 0) is 13.8 Å². The molecule has 0 aliphatic carbocycles. The Morgan fingerprint density at radius 1 is 0.926 bits per heavy atom. The van der Waals surface area contributed by atoms with E-state index in [1.54, 1.807) is 13.8 Å². The Morgan fingerprint density at radius 2 is 1.52 bits per heavy atom. The van der Waals surface area contributed by atoms with E-state index in [9.17, 15) is 25.3 Å². The molecular weight excluding hydrogens is 432 g/mol. The van der Waals surface area contributed by atoms with Crippen LogP contribution in [0.4, 0.5) is 0 Å². The second-order valence-corrected chi connectivity index (χ2v) is 11.5. The van der Waals surface area contributed by atoms with Crippen LogP contribution in [0.3, 0.4) is 0 Å². The van der Waals surface area contributed by atoms with Crippen molar-refractivity contribution in [1.29, 1.82) is 0 Å². The second-order valence-electron chi connectivity index (χ2n) is 6.66. The fourth-order valence-corrected chi connectivity index (χ4v) is 4.33. The molecule has 0 aromatic carbocycles. The first-order valence-electron chi connectivity index (χ1n) is 7.58. The minimum Gasteiger partial charge on any atom is -0.341 e. The van der Waals surface area contributed by atoms with Gasteiger partial charge in [-0.15, -0.1) is 0 Å². The Labute approximate surface area is 158 Å². The van der Waals surface area contributed by atoms with Crippen molar-refractivity contribution < 1.29 is 52.0 Å². The van der Waals surface area contributed by atoms with E-state index in [4.69, 9.17) is 22.6 Å². The van der Waals surface area contributed by atoms with Crippen LogP contribution in [0.25, 0.3) is 0 Å². The molecule has 0 aromatic heterocycles. The number of hydrogen-bond acceptors (Lipinski definition) is 12. The molecule has 15 heteroatoms. The third-order valence-corrected chi connectivity index (χ3v) is 5.16. The van der Waals surface area contributed by atoms with Crippen LogP contribution in [-0.2, 0) is 57.1 Å². The molecule has 0 amide bonds. The van der Waals surface area contributed by atoms with Crippen LogP contribution in [-0.4, -0.2) is 87.1 Å². The van der Waals surface area contributed by atoms with Gasteiger partial charge in [-0.25, -0.2) is 0 Å². The molecule has 0 N–H and O–H groups in total. The minimum absolute atomic E-state index is 0.735. The standard InChI is InChI=1S/C12H22O12S3/c1-12(2)21-10-9(24-27(5,17)18)8(20-11(10)22-12)7(23-26(4,15)16)6-19-25(3,13)14/h7-11H,6H2,1-5H3/t7-,8+,9-,10-,11-/m1/s1. The molecule has 2 fully saturated rings. The van der Waals surface area contributed by atoms with Gasteiger partial charge in [0, 0.05) is 0 Å². The highest BCUT2D eigenvalue weighted by Crippen LogP contribution is 2.40. The summed E-state index contributed by atoms with van der Waals surface area (Å²) in [6, 6.07) is 0. The maximum Gasteiger partial charge on any atom is 0.264 e. The van der Waals surface area contributed by atoms with Gasteiger partial charge in [0.2, 0.25) is 0 Å². The molecule has 0 aromatic rings. The Hall–Kier alpha value is -0.390. The number of fused-ring (bicyclic) bond motifs is 1. The fraction of sp³-hybridized carbons (Fsp3) is 1.00. The van der Waals surface area contributed by atoms with Crippen LogP contribution in [0, 0.1) is 0 Å². The molecule has 2 aliphatic heterocycles. The first-order chi connectivity index (χ1) is 12.0. The van der Waals surface area contributed by atoms with E-state index < -0.39 is 73.5 Å². The fourth-order valence-electron chi connectivity index (χ4n) is 2.71. The molecular formula is C12H22O12S3. The summed E-state index contributed by atoms with van der Waals surface area (Å²) < 4.78 is 100. The van der Waals surface area contributed by atoms with Gasteiger partial charge < -0.3 is 14.2 Å². The molecule has 5 atom stereocenters. The van der Waals surface area contributed by atoms with Crippen LogP contribution in [0.15, 0.2) is 0 Å². The Balaban J connectivity index is 2.33. The Kier molecular flexibility index (Phi) is 6.32. The molecule has 0 saturated carbocycles. The lowest BCUT2D eigenvalue weighted by atomic mass is 10.1. The zero-order valence-electron chi connectivity index (χ0n) is 15.2. The lowest BCUT2D eigenvalue weighted by molar-refractivity contribution is -0.222. The molecule has 2 aliphatic rings. The summed E-state index contributed by atoms with van der Waals surface area (Å²) in [4.78, 5) is 0. The van der Waals surface area contributed by atoms with Gasteiger partial charge in [0.15, 0.2) is 12.1 Å². The van der Waals surface area contributed by atoms with Crippen molar-refractivity contribution >= 4 is 30.4 Å². The van der Waals surface area contributed by atoms with Crippen molar-refractivity contribution in [2.45, 2.75) is 50.3 Å². The van der Waals surface area contributed by atoms with E-state index in [2.05, 4.69) is 4.18 Å². The third kappa shape index (κ3) is 6.86. The lowest BCUT2D eigenvalue weighted by Crippen LogP contribution is -2.47. The maximum atomic E-state index is 11.6. The van der Waals surface area contributed by atoms with E-state index in [-0.39, 0.29) is 0 Å². The van der Waals surface area contributed by atoms with Crippen molar-refractivity contribution in [3.05, 3.63) is 0 Å². The average Bonchev–Trinajstić information content (AvgIpc) is 2.84. The highest BCUT2D eigenvalue weighted by molar-refractivity contribution is 7.86. The molecule has 0 radical (unpaired) electrons. The van der Waals surface area contributed by atoms with Crippen molar-refractivity contribution in [2.75, 3.05) is 25.4 Å². The predicted molar refractivity (Wildman–Crippen MR) is 88.9 cm³/mol. The predicted octanol–water partition coefficient (Wildman–Crippen LogP) is -1.47. The summed E-state index contributed by atoms with van der Waals surface area (Å²) in [6.45, 7) is 2.37. The van der Waals surface area contributed by atoms with Crippen LogP contribution in [0.1, 0.15) is 13.8 Å². The lowest BCUT2D eigenvalue weighted by Gasteiger charge is -2.29. The maximum absolute atomic E-state index is 11.6. The molecule has 160 valence electrons. The zero-order chi connectivity index (χ0) is 20.8. The van der Waals surface area contributed by atoms with E-state index >= 15 is 0 Å². The summed E-state index contributed by atoms with van der Waals surface area (Å²) in [5.74, 6) is -1.10. The summed E-state index contributed by atoms with van der Waals surface area (Å²) >= 11 is 0. The van der Waals surface area contributed by atoms with E-state index in [1.807, 2.05) is 0 Å². The van der Waals surface area contributed by atoms with Crippen LogP contribution < -0.4 is 0 Å². The van der Waals surface area contributed by atoms with Gasteiger partial charge in [0.25, 0.3) is 30.4 Å². The number of rotatable bonds is 8. The zero-order valence-corrected chi connectivity index (χ0v) is 17.7. The van der Waals surface area contributed by atoms with Crippen molar-refractivity contribution in [3.63, 3.8) is 0 Å². The molecule has 0 bridgehead atoms. The van der Waals surface area contributed by atoms with Crippen LogP contribution in [0.5, 0.6) is 0 Å². The highest BCUT2D eigenvalue weighted by Gasteiger charge is 2.59. The van der Waals surface area contributed by atoms with Gasteiger partial charge in [-0.2, -0.15) is 25.3 Å². The topological polar surface area (TPSA) is 158 Å². The van der Waals surface area contributed by atoms with Gasteiger partial charge in [-0.1, -0.05) is 0 Å². The first-order valence-corrected chi connectivity index (χ1v) is 13.0. The Morgan fingerprint density at radius 3 is 2.00 bits per heavy atom. The molecule has 2 heterocycles. The van der Waals surface area contributed by atoms with E-state index in [0.29, 0.717) is 0 Å². The average molecular weight is 454 g/mol. The smallest absolute Gasteiger partial charge is 0.264 e. The van der Waals surface area contributed by atoms with Gasteiger partial charge in [0.1, 0.15) is 24.4 Å². The van der Waals surface area contributed by atoms with Crippen molar-refractivity contribution in [1.82, 2.24) is 0 Å². The molecule has 2 saturated heterocycles. The molecule has 2 rings (SSSR count). The molecule has 27 heavy (non-hydrogen) atoms. The summed E-state index contributed by atoms with van der Waals surface area (Å²) in [5, 5.41) is 0. The summed E-state index contributed by atoms with van der Waals surface area (Å²) in [7, 11) is -12.0. The quantitative estimate of drug-likeness (QED) is 0.393. The van der Waals surface area contributed by atoms with E-state index in [1.165, 1.54) is 0 Å². The third-order valence-electron chi connectivity index (χ3n) is 3.42. The summed E-state index contributed by atoms with van der Waals surface area (Å²) in [6.07, 6.45) is -4.10. The SMILES string of the molecule is CC1(C)O[C@H]2O[C@@H]([C@@H](COS(C)(=O)=O)OS(C)(=O)=O)[C@@H](OS(C)(=O)=O)[C@H]2O1. The summed E-state index contributed by atoms with van der Waals surface area (Å²) in [5.41, 5.74) is 0. The van der Waals surface area contributed by atoms with Crippen molar-refractivity contribution in [2.24, 2.45) is 0 Å². The van der Waals surface area contributed by atoms with Gasteiger partial charge >= 0.3 is 0 Å². The first kappa shape index (κ1) is 22.9. The number of hydrogen-bond donors (Lipinski definition) is 0.